The predicted octanol–water partition coefficient (Wildman–Crippen LogP) is 5.53. The Bertz CT molecular complexity index is 830. The maximum Gasteiger partial charge on any atom is 0.138 e. The summed E-state index contributed by atoms with van der Waals surface area (Å²) in [5, 5.41) is -0.339. The van der Waals surface area contributed by atoms with Crippen molar-refractivity contribution in [3.05, 3.63) is 45.5 Å². The minimum atomic E-state index is -0.339. The zero-order chi connectivity index (χ0) is 18.3. The Morgan fingerprint density at radius 2 is 1.48 bits per heavy atom. The van der Waals surface area contributed by atoms with Crippen molar-refractivity contribution in [1.82, 2.24) is 0 Å². The summed E-state index contributed by atoms with van der Waals surface area (Å²) >= 11 is 6.89. The third-order valence-electron chi connectivity index (χ3n) is 5.35. The van der Waals surface area contributed by atoms with E-state index in [1.54, 1.807) is 0 Å². The zero-order valence-corrected chi connectivity index (χ0v) is 16.3. The standard InChI is InChI=1S/C21H27ClN2O/c1-5-11-9-10-15-17(22)16-19(24)18(23)13(7-3)14(8-4)21(16)25-20(15)12(11)6-2/h9-10,17H,5-8,23-24H2,1-4H3. The van der Waals surface area contributed by atoms with Gasteiger partial charge in [0.15, 0.2) is 0 Å². The molecule has 0 amide bonds. The Morgan fingerprint density at radius 3 is 2.04 bits per heavy atom. The maximum absolute atomic E-state index is 6.89. The van der Waals surface area contributed by atoms with E-state index in [1.165, 1.54) is 11.1 Å². The first-order chi connectivity index (χ1) is 12.0. The molecule has 3 nitrogen and oxygen atoms in total. The number of aryl methyl sites for hydroxylation is 1. The lowest BCUT2D eigenvalue weighted by atomic mass is 9.87. The van der Waals surface area contributed by atoms with Crippen molar-refractivity contribution < 1.29 is 4.74 Å². The van der Waals surface area contributed by atoms with Gasteiger partial charge in [-0.15, -0.1) is 11.6 Å². The van der Waals surface area contributed by atoms with Gasteiger partial charge >= 0.3 is 0 Å². The average molecular weight is 359 g/mol. The molecular weight excluding hydrogens is 332 g/mol. The van der Waals surface area contributed by atoms with E-state index < -0.39 is 0 Å². The van der Waals surface area contributed by atoms with Crippen LogP contribution in [0.15, 0.2) is 12.1 Å². The van der Waals surface area contributed by atoms with Crippen LogP contribution in [0.1, 0.15) is 66.5 Å². The molecule has 0 radical (unpaired) electrons. The van der Waals surface area contributed by atoms with Gasteiger partial charge in [-0.25, -0.2) is 0 Å². The third kappa shape index (κ3) is 2.56. The molecule has 25 heavy (non-hydrogen) atoms. The van der Waals surface area contributed by atoms with Gasteiger partial charge in [-0.1, -0.05) is 39.8 Å². The summed E-state index contributed by atoms with van der Waals surface area (Å²) < 4.78 is 6.49. The second-order valence-electron chi connectivity index (χ2n) is 6.53. The molecule has 1 aliphatic rings. The van der Waals surface area contributed by atoms with Gasteiger partial charge in [0, 0.05) is 16.7 Å². The summed E-state index contributed by atoms with van der Waals surface area (Å²) in [4.78, 5) is 0. The van der Waals surface area contributed by atoms with Crippen LogP contribution in [0.4, 0.5) is 11.4 Å². The molecule has 4 N–H and O–H groups in total. The van der Waals surface area contributed by atoms with Gasteiger partial charge in [-0.2, -0.15) is 0 Å². The monoisotopic (exact) mass is 358 g/mol. The Labute approximate surface area is 155 Å². The van der Waals surface area contributed by atoms with E-state index in [-0.39, 0.29) is 5.38 Å². The van der Waals surface area contributed by atoms with Gasteiger partial charge in [-0.3, -0.25) is 0 Å². The number of nitrogens with two attached hydrogens (primary N) is 2. The lowest BCUT2D eigenvalue weighted by molar-refractivity contribution is 0.446. The number of anilines is 2. The van der Waals surface area contributed by atoms with E-state index in [9.17, 15) is 0 Å². The molecule has 0 fully saturated rings. The third-order valence-corrected chi connectivity index (χ3v) is 5.80. The van der Waals surface area contributed by atoms with E-state index in [1.807, 2.05) is 0 Å². The Balaban J connectivity index is 2.32. The van der Waals surface area contributed by atoms with E-state index in [4.69, 9.17) is 27.8 Å². The number of nitrogen functional groups attached to an aromatic ring is 2. The SMILES string of the molecule is CCc1ccc2c(c1CC)Oc1c(CC)c(CC)c(N)c(N)c1C2Cl. The van der Waals surface area contributed by atoms with E-state index >= 15 is 0 Å². The van der Waals surface area contributed by atoms with Gasteiger partial charge in [0.2, 0.25) is 0 Å². The highest BCUT2D eigenvalue weighted by molar-refractivity contribution is 6.24. The van der Waals surface area contributed by atoms with Crippen LogP contribution in [-0.4, -0.2) is 0 Å². The molecule has 134 valence electrons. The number of rotatable bonds is 4. The first-order valence-corrected chi connectivity index (χ1v) is 9.62. The fourth-order valence-electron chi connectivity index (χ4n) is 4.02. The van der Waals surface area contributed by atoms with Crippen molar-refractivity contribution in [2.75, 3.05) is 11.5 Å². The van der Waals surface area contributed by atoms with Crippen LogP contribution in [0.3, 0.4) is 0 Å². The van der Waals surface area contributed by atoms with Crippen LogP contribution in [0.25, 0.3) is 0 Å². The highest BCUT2D eigenvalue weighted by atomic mass is 35.5. The molecule has 1 unspecified atom stereocenters. The minimum absolute atomic E-state index is 0.339. The fourth-order valence-corrected chi connectivity index (χ4v) is 4.41. The van der Waals surface area contributed by atoms with Crippen molar-refractivity contribution in [3.63, 3.8) is 0 Å². The summed E-state index contributed by atoms with van der Waals surface area (Å²) in [7, 11) is 0. The smallest absolute Gasteiger partial charge is 0.138 e. The average Bonchev–Trinajstić information content (AvgIpc) is 2.63. The molecule has 1 heterocycles. The number of fused-ring (bicyclic) bond motifs is 2. The van der Waals surface area contributed by atoms with Crippen LogP contribution in [-0.2, 0) is 25.7 Å². The molecule has 4 heteroatoms. The highest BCUT2D eigenvalue weighted by Crippen LogP contribution is 2.54. The maximum atomic E-state index is 6.89. The molecule has 3 rings (SSSR count). The van der Waals surface area contributed by atoms with Gasteiger partial charge < -0.3 is 16.2 Å². The molecule has 0 aromatic heterocycles. The molecule has 1 aliphatic heterocycles. The molecule has 0 spiro atoms. The molecular formula is C21H27ClN2O. The molecule has 2 aromatic rings. The largest absolute Gasteiger partial charge is 0.456 e. The summed E-state index contributed by atoms with van der Waals surface area (Å²) in [6, 6.07) is 4.23. The van der Waals surface area contributed by atoms with Crippen LogP contribution in [0.2, 0.25) is 0 Å². The molecule has 0 saturated heterocycles. The molecule has 0 aliphatic carbocycles. The summed E-state index contributed by atoms with van der Waals surface area (Å²) in [5.74, 6) is 1.73. The van der Waals surface area contributed by atoms with Gasteiger partial charge in [0.25, 0.3) is 0 Å². The van der Waals surface area contributed by atoms with Crippen molar-refractivity contribution >= 4 is 23.0 Å². The van der Waals surface area contributed by atoms with Crippen LogP contribution in [0, 0.1) is 0 Å². The lowest BCUT2D eigenvalue weighted by Gasteiger charge is -2.31. The Kier molecular flexibility index (Phi) is 4.88. The minimum Gasteiger partial charge on any atom is -0.456 e. The second kappa shape index (κ2) is 6.80. The van der Waals surface area contributed by atoms with Gasteiger partial charge in [0.1, 0.15) is 11.5 Å². The van der Waals surface area contributed by atoms with Crippen molar-refractivity contribution in [1.29, 1.82) is 0 Å². The lowest BCUT2D eigenvalue weighted by Crippen LogP contribution is -2.16. The summed E-state index contributed by atoms with van der Waals surface area (Å²) in [6.45, 7) is 8.54. The van der Waals surface area contributed by atoms with Crippen LogP contribution < -0.4 is 16.2 Å². The summed E-state index contributed by atoms with van der Waals surface area (Å²) in [5.41, 5.74) is 20.5. The van der Waals surface area contributed by atoms with Crippen LogP contribution in [0.5, 0.6) is 11.5 Å². The van der Waals surface area contributed by atoms with Crippen molar-refractivity contribution in [2.24, 2.45) is 0 Å². The number of hydrogen-bond acceptors (Lipinski definition) is 3. The first-order valence-electron chi connectivity index (χ1n) is 9.18. The van der Waals surface area contributed by atoms with E-state index in [0.717, 1.165) is 59.4 Å². The normalized spacial score (nSPS) is 15.5. The topological polar surface area (TPSA) is 61.3 Å². The molecule has 0 saturated carbocycles. The Morgan fingerprint density at radius 1 is 0.840 bits per heavy atom. The highest BCUT2D eigenvalue weighted by Gasteiger charge is 2.33. The number of ether oxygens (including phenoxy) is 1. The van der Waals surface area contributed by atoms with Crippen LogP contribution >= 0.6 is 11.6 Å². The van der Waals surface area contributed by atoms with Gasteiger partial charge in [-0.05, 0) is 42.4 Å². The quantitative estimate of drug-likeness (QED) is 0.557. The summed E-state index contributed by atoms with van der Waals surface area (Å²) in [6.07, 6.45) is 3.55. The zero-order valence-electron chi connectivity index (χ0n) is 15.5. The molecule has 2 aromatic carbocycles. The molecule has 0 bridgehead atoms. The van der Waals surface area contributed by atoms with Gasteiger partial charge in [0.05, 0.1) is 16.8 Å². The van der Waals surface area contributed by atoms with E-state index in [2.05, 4.69) is 39.8 Å². The number of alkyl halides is 1. The number of halogens is 1. The number of hydrogen-bond donors (Lipinski definition) is 2. The Hall–Kier alpha value is -1.87. The second-order valence-corrected chi connectivity index (χ2v) is 6.96. The first kappa shape index (κ1) is 17.9. The predicted molar refractivity (Wildman–Crippen MR) is 107 cm³/mol. The van der Waals surface area contributed by atoms with Crippen molar-refractivity contribution in [2.45, 2.75) is 58.8 Å². The fraction of sp³-hybridized carbons (Fsp3) is 0.429. The number of benzene rings is 2. The molecule has 1 atom stereocenters. The van der Waals surface area contributed by atoms with Crippen molar-refractivity contribution in [3.8, 4) is 11.5 Å². The van der Waals surface area contributed by atoms with E-state index in [0.29, 0.717) is 11.4 Å².